The van der Waals surface area contributed by atoms with Gasteiger partial charge in [0.2, 0.25) is 0 Å². The van der Waals surface area contributed by atoms with Crippen LogP contribution in [0.5, 0.6) is 0 Å². The number of carbonyl (C=O) groups is 1. The van der Waals surface area contributed by atoms with Crippen LogP contribution in [-0.2, 0) is 13.0 Å². The lowest BCUT2D eigenvalue weighted by Gasteiger charge is -2.07. The summed E-state index contributed by atoms with van der Waals surface area (Å²) in [6.45, 7) is 7.97. The molecule has 2 N–H and O–H groups in total. The van der Waals surface area contributed by atoms with Crippen LogP contribution < -0.4 is 10.9 Å². The maximum absolute atomic E-state index is 12.5. The molecule has 2 aromatic heterocycles. The highest BCUT2D eigenvalue weighted by atomic mass is 32.1. The summed E-state index contributed by atoms with van der Waals surface area (Å²) in [6, 6.07) is 4.87. The molecule has 26 heavy (non-hydrogen) atoms. The van der Waals surface area contributed by atoms with Crippen LogP contribution in [0.1, 0.15) is 27.9 Å². The largest absolute Gasteiger partial charge is 0.332 e. The topological polar surface area (TPSA) is 79.8 Å². The van der Waals surface area contributed by atoms with Crippen molar-refractivity contribution in [3.63, 3.8) is 0 Å². The van der Waals surface area contributed by atoms with Gasteiger partial charge in [-0.1, -0.05) is 13.0 Å². The SMILES string of the molecule is C=CCn1c(=S)[nH]c2cc(C(=O)Nc3nc(CC)c(C)s3)ccc2c1=O. The summed E-state index contributed by atoms with van der Waals surface area (Å²) in [7, 11) is 0. The van der Waals surface area contributed by atoms with Gasteiger partial charge in [-0.15, -0.1) is 17.9 Å². The standard InChI is InChI=1S/C18H18N4O2S2/c1-4-8-22-16(24)12-7-6-11(9-14(12)20-18(22)25)15(23)21-17-19-13(5-2)10(3)26-17/h4,6-7,9H,1,5,8H2,2-3H3,(H,20,25)(H,19,21,23). The number of thiazole rings is 1. The van der Waals surface area contributed by atoms with E-state index in [-0.39, 0.29) is 11.5 Å². The molecule has 0 unspecified atom stereocenters. The van der Waals surface area contributed by atoms with Gasteiger partial charge in [0.05, 0.1) is 16.6 Å². The summed E-state index contributed by atoms with van der Waals surface area (Å²) in [5, 5.41) is 3.85. The zero-order valence-corrected chi connectivity index (χ0v) is 16.1. The van der Waals surface area contributed by atoms with Crippen LogP contribution in [0.3, 0.4) is 0 Å². The predicted octanol–water partition coefficient (Wildman–Crippen LogP) is 3.82. The highest BCUT2D eigenvalue weighted by Gasteiger charge is 2.13. The van der Waals surface area contributed by atoms with Crippen molar-refractivity contribution in [3.05, 3.63) is 62.1 Å². The molecule has 0 saturated heterocycles. The summed E-state index contributed by atoms with van der Waals surface area (Å²) in [4.78, 5) is 33.5. The molecule has 6 nitrogen and oxygen atoms in total. The van der Waals surface area contributed by atoms with Gasteiger partial charge in [-0.05, 0) is 43.8 Å². The molecule has 0 aliphatic rings. The number of aryl methyl sites for hydroxylation is 2. The van der Waals surface area contributed by atoms with E-state index in [0.717, 1.165) is 17.0 Å². The zero-order chi connectivity index (χ0) is 18.8. The molecule has 0 saturated carbocycles. The number of carbonyl (C=O) groups excluding carboxylic acids is 1. The van der Waals surface area contributed by atoms with E-state index in [1.807, 2.05) is 13.8 Å². The Balaban J connectivity index is 1.96. The van der Waals surface area contributed by atoms with Crippen molar-refractivity contribution in [3.8, 4) is 0 Å². The van der Waals surface area contributed by atoms with Gasteiger partial charge in [0, 0.05) is 17.0 Å². The Kier molecular flexibility index (Phi) is 5.15. The van der Waals surface area contributed by atoms with Gasteiger partial charge in [-0.3, -0.25) is 19.5 Å². The van der Waals surface area contributed by atoms with E-state index in [9.17, 15) is 9.59 Å². The van der Waals surface area contributed by atoms with Crippen molar-refractivity contribution < 1.29 is 4.79 Å². The fourth-order valence-corrected chi connectivity index (χ4v) is 3.83. The predicted molar refractivity (Wildman–Crippen MR) is 108 cm³/mol. The fourth-order valence-electron chi connectivity index (χ4n) is 2.67. The van der Waals surface area contributed by atoms with Gasteiger partial charge in [0.25, 0.3) is 11.5 Å². The molecule has 0 fully saturated rings. The van der Waals surface area contributed by atoms with E-state index >= 15 is 0 Å². The van der Waals surface area contributed by atoms with Crippen LogP contribution in [0.15, 0.2) is 35.6 Å². The molecule has 0 spiro atoms. The summed E-state index contributed by atoms with van der Waals surface area (Å²) in [5.41, 5.74) is 1.72. The van der Waals surface area contributed by atoms with Crippen LogP contribution in [0, 0.1) is 11.7 Å². The fraction of sp³-hybridized carbons (Fsp3) is 0.222. The number of fused-ring (bicyclic) bond motifs is 1. The monoisotopic (exact) mass is 386 g/mol. The van der Waals surface area contributed by atoms with Gasteiger partial charge in [-0.2, -0.15) is 0 Å². The van der Waals surface area contributed by atoms with E-state index < -0.39 is 0 Å². The molecule has 2 heterocycles. The Morgan fingerprint density at radius 3 is 2.92 bits per heavy atom. The molecule has 0 radical (unpaired) electrons. The highest BCUT2D eigenvalue weighted by molar-refractivity contribution is 7.71. The van der Waals surface area contributed by atoms with Crippen LogP contribution in [0.25, 0.3) is 10.9 Å². The molecular weight excluding hydrogens is 368 g/mol. The second-order valence-electron chi connectivity index (χ2n) is 5.72. The molecule has 3 aromatic rings. The van der Waals surface area contributed by atoms with Gasteiger partial charge >= 0.3 is 0 Å². The first-order valence-electron chi connectivity index (χ1n) is 8.10. The lowest BCUT2D eigenvalue weighted by atomic mass is 10.1. The van der Waals surface area contributed by atoms with Crippen molar-refractivity contribution in [1.82, 2.24) is 14.5 Å². The highest BCUT2D eigenvalue weighted by Crippen LogP contribution is 2.23. The molecule has 1 aromatic carbocycles. The summed E-state index contributed by atoms with van der Waals surface area (Å²) in [5.74, 6) is -0.280. The first-order valence-corrected chi connectivity index (χ1v) is 9.32. The third kappa shape index (κ3) is 3.38. The van der Waals surface area contributed by atoms with Crippen molar-refractivity contribution >= 4 is 45.5 Å². The minimum atomic E-state index is -0.280. The number of hydrogen-bond donors (Lipinski definition) is 2. The number of nitrogens with one attached hydrogen (secondary N) is 2. The molecule has 8 heteroatoms. The lowest BCUT2D eigenvalue weighted by molar-refractivity contribution is 0.102. The molecule has 0 aliphatic carbocycles. The maximum atomic E-state index is 12.5. The summed E-state index contributed by atoms with van der Waals surface area (Å²) >= 11 is 6.68. The molecule has 0 atom stereocenters. The lowest BCUT2D eigenvalue weighted by Crippen LogP contribution is -2.22. The number of anilines is 1. The van der Waals surface area contributed by atoms with Crippen molar-refractivity contribution in [2.45, 2.75) is 26.8 Å². The van der Waals surface area contributed by atoms with E-state index in [1.165, 1.54) is 15.9 Å². The first-order chi connectivity index (χ1) is 12.4. The van der Waals surface area contributed by atoms with Crippen LogP contribution in [0.4, 0.5) is 5.13 Å². The van der Waals surface area contributed by atoms with Gasteiger partial charge in [0.15, 0.2) is 9.90 Å². The number of hydrogen-bond acceptors (Lipinski definition) is 5. The summed E-state index contributed by atoms with van der Waals surface area (Å²) < 4.78 is 1.72. The third-order valence-electron chi connectivity index (χ3n) is 4.00. The number of amides is 1. The Bertz CT molecular complexity index is 1120. The van der Waals surface area contributed by atoms with Crippen molar-refractivity contribution in [1.29, 1.82) is 0 Å². The van der Waals surface area contributed by atoms with Crippen molar-refractivity contribution in [2.24, 2.45) is 0 Å². The molecule has 1 amide bonds. The molecule has 0 aliphatic heterocycles. The Labute approximate surface area is 159 Å². The first kappa shape index (κ1) is 18.2. The normalized spacial score (nSPS) is 10.8. The number of aromatic amines is 1. The average Bonchev–Trinajstić information content (AvgIpc) is 2.97. The number of aromatic nitrogens is 3. The zero-order valence-electron chi connectivity index (χ0n) is 14.5. The number of rotatable bonds is 5. The Morgan fingerprint density at radius 2 is 2.27 bits per heavy atom. The van der Waals surface area contributed by atoms with Crippen LogP contribution >= 0.6 is 23.6 Å². The van der Waals surface area contributed by atoms with Crippen LogP contribution in [0.2, 0.25) is 0 Å². The Morgan fingerprint density at radius 1 is 1.50 bits per heavy atom. The smallest absolute Gasteiger partial charge is 0.262 e. The third-order valence-corrected chi connectivity index (χ3v) is 5.25. The van der Waals surface area contributed by atoms with E-state index in [4.69, 9.17) is 12.2 Å². The second-order valence-corrected chi connectivity index (χ2v) is 7.31. The number of H-pyrrole nitrogens is 1. The average molecular weight is 387 g/mol. The number of nitrogens with zero attached hydrogens (tertiary/aromatic N) is 2. The van der Waals surface area contributed by atoms with E-state index in [0.29, 0.717) is 32.9 Å². The number of benzene rings is 1. The molecule has 134 valence electrons. The van der Waals surface area contributed by atoms with Crippen molar-refractivity contribution in [2.75, 3.05) is 5.32 Å². The quantitative estimate of drug-likeness (QED) is 0.516. The molecule has 0 bridgehead atoms. The van der Waals surface area contributed by atoms with E-state index in [1.54, 1.807) is 24.3 Å². The van der Waals surface area contributed by atoms with Gasteiger partial charge in [0.1, 0.15) is 0 Å². The molecular formula is C18H18N4O2S2. The minimum Gasteiger partial charge on any atom is -0.332 e. The maximum Gasteiger partial charge on any atom is 0.262 e. The van der Waals surface area contributed by atoms with Gasteiger partial charge < -0.3 is 4.98 Å². The van der Waals surface area contributed by atoms with Gasteiger partial charge in [-0.25, -0.2) is 4.98 Å². The van der Waals surface area contributed by atoms with Crippen LogP contribution in [-0.4, -0.2) is 20.4 Å². The molecule has 3 rings (SSSR count). The van der Waals surface area contributed by atoms with E-state index in [2.05, 4.69) is 21.9 Å². The summed E-state index contributed by atoms with van der Waals surface area (Å²) in [6.07, 6.45) is 2.43. The minimum absolute atomic E-state index is 0.209. The number of allylic oxidation sites excluding steroid dienone is 1. The second kappa shape index (κ2) is 7.35. The Hall–Kier alpha value is -2.58.